The van der Waals surface area contributed by atoms with Crippen LogP contribution < -0.4 is 0 Å². The predicted molar refractivity (Wildman–Crippen MR) is 105 cm³/mol. The average Bonchev–Trinajstić information content (AvgIpc) is 2.69. The van der Waals surface area contributed by atoms with Crippen LogP contribution in [0.25, 0.3) is 0 Å². The van der Waals surface area contributed by atoms with E-state index in [0.29, 0.717) is 16.8 Å². The standard InChI is InChI=1S/C20H25N3O3S/c1-14-17(23(2)3)12-16(13-25-18(24)15-8-5-4-6-9-15)26-19(14)27-20-21-10-7-11-22-20/h4-11,14,16-17,19H,12-13H2,1-3H3/t14-,16+,17+,19+/m1/s1. The van der Waals surface area contributed by atoms with Crippen molar-refractivity contribution in [3.8, 4) is 0 Å². The fourth-order valence-electron chi connectivity index (χ4n) is 3.23. The maximum atomic E-state index is 12.2. The summed E-state index contributed by atoms with van der Waals surface area (Å²) in [5.74, 6) is -0.0373. The number of carbonyl (C=O) groups excluding carboxylic acids is 1. The summed E-state index contributed by atoms with van der Waals surface area (Å²) in [6, 6.07) is 11.1. The zero-order chi connectivity index (χ0) is 19.2. The molecule has 0 spiro atoms. The molecule has 6 nitrogen and oxygen atoms in total. The van der Waals surface area contributed by atoms with Gasteiger partial charge in [0.2, 0.25) is 0 Å². The predicted octanol–water partition coefficient (Wildman–Crippen LogP) is 3.11. The Labute approximate surface area is 164 Å². The van der Waals surface area contributed by atoms with Gasteiger partial charge in [-0.2, -0.15) is 0 Å². The van der Waals surface area contributed by atoms with Crippen LogP contribution in [0, 0.1) is 5.92 Å². The first kappa shape index (κ1) is 19.8. The first-order valence-electron chi connectivity index (χ1n) is 9.02. The van der Waals surface area contributed by atoms with Gasteiger partial charge in [-0.05, 0) is 38.7 Å². The van der Waals surface area contributed by atoms with Gasteiger partial charge < -0.3 is 14.4 Å². The first-order chi connectivity index (χ1) is 13.0. The molecule has 0 bridgehead atoms. The third-order valence-electron chi connectivity index (χ3n) is 4.70. The lowest BCUT2D eigenvalue weighted by atomic mass is 9.93. The summed E-state index contributed by atoms with van der Waals surface area (Å²) in [5, 5.41) is 0.689. The number of aromatic nitrogens is 2. The van der Waals surface area contributed by atoms with Crippen LogP contribution in [-0.4, -0.2) is 59.1 Å². The molecule has 27 heavy (non-hydrogen) atoms. The lowest BCUT2D eigenvalue weighted by Crippen LogP contribution is -2.49. The van der Waals surface area contributed by atoms with Gasteiger partial charge in [0.05, 0.1) is 11.7 Å². The van der Waals surface area contributed by atoms with E-state index in [9.17, 15) is 4.79 Å². The molecule has 0 amide bonds. The first-order valence-corrected chi connectivity index (χ1v) is 9.90. The van der Waals surface area contributed by atoms with Crippen molar-refractivity contribution >= 4 is 17.7 Å². The van der Waals surface area contributed by atoms with Crippen molar-refractivity contribution < 1.29 is 14.3 Å². The van der Waals surface area contributed by atoms with Gasteiger partial charge in [0.25, 0.3) is 0 Å². The van der Waals surface area contributed by atoms with Crippen molar-refractivity contribution in [1.29, 1.82) is 0 Å². The third-order valence-corrected chi connectivity index (χ3v) is 5.90. The zero-order valence-electron chi connectivity index (χ0n) is 15.8. The molecule has 1 fully saturated rings. The molecule has 1 aromatic carbocycles. The Kier molecular flexibility index (Phi) is 6.82. The Hall–Kier alpha value is -1.96. The average molecular weight is 388 g/mol. The molecule has 1 aliphatic rings. The highest BCUT2D eigenvalue weighted by atomic mass is 32.2. The van der Waals surface area contributed by atoms with Crippen LogP contribution in [0.15, 0.2) is 53.9 Å². The Morgan fingerprint density at radius 3 is 2.59 bits per heavy atom. The number of thioether (sulfide) groups is 1. The van der Waals surface area contributed by atoms with Gasteiger partial charge in [-0.3, -0.25) is 0 Å². The monoisotopic (exact) mass is 387 g/mol. The molecular weight excluding hydrogens is 362 g/mol. The van der Waals surface area contributed by atoms with E-state index in [4.69, 9.17) is 9.47 Å². The largest absolute Gasteiger partial charge is 0.459 e. The van der Waals surface area contributed by atoms with E-state index in [-0.39, 0.29) is 30.0 Å². The molecule has 1 aromatic heterocycles. The van der Waals surface area contributed by atoms with E-state index in [1.807, 2.05) is 18.2 Å². The fourth-order valence-corrected chi connectivity index (χ4v) is 4.29. The smallest absolute Gasteiger partial charge is 0.338 e. The molecular formula is C20H25N3O3S. The Morgan fingerprint density at radius 2 is 1.93 bits per heavy atom. The van der Waals surface area contributed by atoms with Gasteiger partial charge in [0.15, 0.2) is 5.16 Å². The van der Waals surface area contributed by atoms with Crippen molar-refractivity contribution in [3.63, 3.8) is 0 Å². The maximum Gasteiger partial charge on any atom is 0.338 e. The number of hydrogen-bond acceptors (Lipinski definition) is 7. The molecule has 0 aliphatic carbocycles. The summed E-state index contributed by atoms with van der Waals surface area (Å²) >= 11 is 1.52. The van der Waals surface area contributed by atoms with Gasteiger partial charge in [-0.1, -0.05) is 36.9 Å². The summed E-state index contributed by atoms with van der Waals surface area (Å²) < 4.78 is 11.8. The quantitative estimate of drug-likeness (QED) is 0.557. The van der Waals surface area contributed by atoms with E-state index >= 15 is 0 Å². The third kappa shape index (κ3) is 5.28. The Balaban J connectivity index is 1.64. The van der Waals surface area contributed by atoms with Gasteiger partial charge in [0.1, 0.15) is 12.0 Å². The second-order valence-corrected chi connectivity index (χ2v) is 7.93. The fraction of sp³-hybridized carbons (Fsp3) is 0.450. The number of ether oxygens (including phenoxy) is 2. The van der Waals surface area contributed by atoms with E-state index in [2.05, 4.69) is 35.9 Å². The highest BCUT2D eigenvalue weighted by molar-refractivity contribution is 7.99. The molecule has 144 valence electrons. The minimum atomic E-state index is -0.324. The zero-order valence-corrected chi connectivity index (χ0v) is 16.6. The second kappa shape index (κ2) is 9.30. The molecule has 2 aromatic rings. The summed E-state index contributed by atoms with van der Waals surface area (Å²) in [4.78, 5) is 23.0. The Morgan fingerprint density at radius 1 is 1.22 bits per heavy atom. The highest BCUT2D eigenvalue weighted by Gasteiger charge is 2.38. The van der Waals surface area contributed by atoms with Gasteiger partial charge >= 0.3 is 5.97 Å². The summed E-state index contributed by atoms with van der Waals surface area (Å²) in [5.41, 5.74) is 0.448. The van der Waals surface area contributed by atoms with Crippen LogP contribution in [0.4, 0.5) is 0 Å². The van der Waals surface area contributed by atoms with Crippen LogP contribution in [0.3, 0.4) is 0 Å². The van der Waals surface area contributed by atoms with E-state index in [1.54, 1.807) is 30.6 Å². The van der Waals surface area contributed by atoms with Crippen LogP contribution in [-0.2, 0) is 9.47 Å². The van der Waals surface area contributed by atoms with Crippen molar-refractivity contribution in [1.82, 2.24) is 14.9 Å². The van der Waals surface area contributed by atoms with Crippen LogP contribution in [0.2, 0.25) is 0 Å². The molecule has 7 heteroatoms. The van der Waals surface area contributed by atoms with E-state index in [0.717, 1.165) is 6.42 Å². The van der Waals surface area contributed by atoms with Gasteiger partial charge in [-0.25, -0.2) is 14.8 Å². The normalized spacial score (nSPS) is 25.3. The number of carbonyl (C=O) groups is 1. The van der Waals surface area contributed by atoms with Crippen LogP contribution >= 0.6 is 11.8 Å². The van der Waals surface area contributed by atoms with E-state index < -0.39 is 0 Å². The van der Waals surface area contributed by atoms with Gasteiger partial charge in [-0.15, -0.1) is 0 Å². The summed E-state index contributed by atoms with van der Waals surface area (Å²) in [6.07, 6.45) is 4.10. The molecule has 0 radical (unpaired) electrons. The van der Waals surface area contributed by atoms with Crippen LogP contribution in [0.5, 0.6) is 0 Å². The number of nitrogens with zero attached hydrogens (tertiary/aromatic N) is 3. The lowest BCUT2D eigenvalue weighted by molar-refractivity contribution is -0.0897. The van der Waals surface area contributed by atoms with Crippen molar-refractivity contribution in [3.05, 3.63) is 54.4 Å². The van der Waals surface area contributed by atoms with Gasteiger partial charge in [0, 0.05) is 24.4 Å². The molecule has 0 saturated carbocycles. The molecule has 0 unspecified atom stereocenters. The molecule has 1 aliphatic heterocycles. The van der Waals surface area contributed by atoms with Crippen molar-refractivity contribution in [2.24, 2.45) is 5.92 Å². The number of esters is 1. The molecule has 1 saturated heterocycles. The minimum Gasteiger partial charge on any atom is -0.459 e. The van der Waals surface area contributed by atoms with E-state index in [1.165, 1.54) is 11.8 Å². The summed E-state index contributed by atoms with van der Waals surface area (Å²) in [7, 11) is 4.14. The number of hydrogen-bond donors (Lipinski definition) is 0. The molecule has 0 N–H and O–H groups in total. The lowest BCUT2D eigenvalue weighted by Gasteiger charge is -2.42. The highest BCUT2D eigenvalue weighted by Crippen LogP contribution is 2.36. The molecule has 3 rings (SSSR count). The topological polar surface area (TPSA) is 64.6 Å². The summed E-state index contributed by atoms with van der Waals surface area (Å²) in [6.45, 7) is 2.41. The molecule has 4 atom stereocenters. The van der Waals surface area contributed by atoms with Crippen molar-refractivity contribution in [2.75, 3.05) is 20.7 Å². The van der Waals surface area contributed by atoms with Crippen LogP contribution in [0.1, 0.15) is 23.7 Å². The van der Waals surface area contributed by atoms with Crippen molar-refractivity contribution in [2.45, 2.75) is 36.1 Å². The SMILES string of the molecule is C[C@H]1[C@H](Sc2ncccn2)O[C@H](COC(=O)c2ccccc2)C[C@@H]1N(C)C. The minimum absolute atomic E-state index is 0.103. The second-order valence-electron chi connectivity index (χ2n) is 6.87. The number of benzene rings is 1. The maximum absolute atomic E-state index is 12.2. The Bertz CT molecular complexity index is 730. The number of rotatable bonds is 6. The molecule has 2 heterocycles.